The lowest BCUT2D eigenvalue weighted by Gasteiger charge is -2.31. The summed E-state index contributed by atoms with van der Waals surface area (Å²) in [5, 5.41) is 40.7. The lowest BCUT2D eigenvalue weighted by atomic mass is 10.0. The number of nitro groups is 1. The number of non-ortho nitro benzene ring substituents is 1. The van der Waals surface area contributed by atoms with Gasteiger partial charge < -0.3 is 26.2 Å². The third-order valence-electron chi connectivity index (χ3n) is 4.78. The number of fused-ring (bicyclic) bond motifs is 2. The summed E-state index contributed by atoms with van der Waals surface area (Å²) in [5.41, 5.74) is 1.35. The Morgan fingerprint density at radius 3 is 2.59 bits per heavy atom. The molecule has 1 aliphatic rings. The van der Waals surface area contributed by atoms with E-state index in [0.717, 1.165) is 10.8 Å². The van der Waals surface area contributed by atoms with E-state index < -0.39 is 17.4 Å². The maximum atomic E-state index is 12.8. The fourth-order valence-corrected chi connectivity index (χ4v) is 3.37. The van der Waals surface area contributed by atoms with E-state index in [0.29, 0.717) is 16.8 Å². The number of benzene rings is 3. The third-order valence-corrected chi connectivity index (χ3v) is 4.78. The van der Waals surface area contributed by atoms with Crippen LogP contribution in [0.4, 0.5) is 17.1 Å². The predicted molar refractivity (Wildman–Crippen MR) is 107 cm³/mol. The molecule has 148 valence electrons. The van der Waals surface area contributed by atoms with E-state index in [2.05, 4.69) is 16.0 Å². The summed E-state index contributed by atoms with van der Waals surface area (Å²) in [5.74, 6) is -0.327. The molecule has 3 aromatic rings. The molecule has 0 radical (unpaired) electrons. The van der Waals surface area contributed by atoms with Gasteiger partial charge >= 0.3 is 0 Å². The minimum Gasteiger partial charge on any atom is -0.369 e. The number of carbonyl (C=O) groups excluding carboxylic acids is 1. The van der Waals surface area contributed by atoms with Crippen molar-refractivity contribution in [2.75, 3.05) is 10.6 Å². The second-order valence-electron chi connectivity index (χ2n) is 6.67. The van der Waals surface area contributed by atoms with Gasteiger partial charge in [0.1, 0.15) is 0 Å². The number of aliphatic hydroxyl groups excluding tert-OH is 2. The van der Waals surface area contributed by atoms with E-state index in [1.54, 1.807) is 12.1 Å². The molecule has 0 saturated heterocycles. The van der Waals surface area contributed by atoms with Crippen LogP contribution in [-0.4, -0.2) is 33.5 Å². The molecule has 5 N–H and O–H groups in total. The number of amides is 1. The lowest BCUT2D eigenvalue weighted by molar-refractivity contribution is -0.384. The van der Waals surface area contributed by atoms with E-state index in [1.165, 1.54) is 12.1 Å². The molecule has 0 bridgehead atoms. The summed E-state index contributed by atoms with van der Waals surface area (Å²) in [6, 6.07) is 15.5. The van der Waals surface area contributed by atoms with Gasteiger partial charge in [-0.1, -0.05) is 36.4 Å². The Morgan fingerprint density at radius 1 is 1.07 bits per heavy atom. The van der Waals surface area contributed by atoms with Crippen molar-refractivity contribution < 1.29 is 19.9 Å². The van der Waals surface area contributed by atoms with Crippen molar-refractivity contribution in [3.8, 4) is 0 Å². The van der Waals surface area contributed by atoms with Gasteiger partial charge in [-0.2, -0.15) is 0 Å². The Bertz CT molecular complexity index is 1110. The van der Waals surface area contributed by atoms with Crippen molar-refractivity contribution in [1.82, 2.24) is 5.32 Å². The highest BCUT2D eigenvalue weighted by atomic mass is 16.6. The number of nitrogens with one attached hydrogen (secondary N) is 3. The van der Waals surface area contributed by atoms with Crippen molar-refractivity contribution in [3.63, 3.8) is 0 Å². The largest absolute Gasteiger partial charge is 0.369 e. The molecule has 3 aromatic carbocycles. The fraction of sp³-hybridized carbons (Fsp3) is 0.150. The van der Waals surface area contributed by atoms with Crippen molar-refractivity contribution in [2.24, 2.45) is 0 Å². The molecule has 4 rings (SSSR count). The first kappa shape index (κ1) is 18.7. The Labute approximate surface area is 165 Å². The van der Waals surface area contributed by atoms with Crippen LogP contribution in [-0.2, 0) is 6.54 Å². The molecule has 1 amide bonds. The van der Waals surface area contributed by atoms with Gasteiger partial charge in [0, 0.05) is 29.8 Å². The first-order valence-corrected chi connectivity index (χ1v) is 8.90. The van der Waals surface area contributed by atoms with Gasteiger partial charge in [-0.25, -0.2) is 0 Å². The second kappa shape index (κ2) is 7.38. The molecule has 2 atom stereocenters. The molecule has 29 heavy (non-hydrogen) atoms. The highest BCUT2D eigenvalue weighted by Crippen LogP contribution is 2.35. The zero-order valence-electron chi connectivity index (χ0n) is 15.1. The number of nitrogens with zero attached hydrogens (tertiary/aromatic N) is 1. The summed E-state index contributed by atoms with van der Waals surface area (Å²) in [6.45, 7) is -0.0104. The summed E-state index contributed by atoms with van der Waals surface area (Å²) >= 11 is 0. The molecule has 0 aromatic heterocycles. The van der Waals surface area contributed by atoms with E-state index in [-0.39, 0.29) is 23.8 Å². The summed E-state index contributed by atoms with van der Waals surface area (Å²) in [7, 11) is 0. The zero-order chi connectivity index (χ0) is 20.5. The van der Waals surface area contributed by atoms with Gasteiger partial charge in [0.25, 0.3) is 11.6 Å². The summed E-state index contributed by atoms with van der Waals surface area (Å²) < 4.78 is 0. The monoisotopic (exact) mass is 394 g/mol. The van der Waals surface area contributed by atoms with Crippen molar-refractivity contribution in [2.45, 2.75) is 19.0 Å². The molecule has 0 saturated carbocycles. The van der Waals surface area contributed by atoms with Crippen LogP contribution >= 0.6 is 0 Å². The number of carbonyl (C=O) groups is 1. The molecule has 0 aliphatic carbocycles. The standard InChI is InChI=1S/C20H18N4O5/c25-18(15-7-3-5-11-4-1-2-6-14(11)15)21-10-12-8-13(24(28)29)9-16-17(12)23-20(27)19(26)22-16/h1-9,19-20,22-23,26-27H,10H2,(H,21,25). The Hall–Kier alpha value is -3.69. The average Bonchev–Trinajstić information content (AvgIpc) is 2.72. The highest BCUT2D eigenvalue weighted by Gasteiger charge is 2.28. The van der Waals surface area contributed by atoms with Crippen LogP contribution in [0.1, 0.15) is 15.9 Å². The molecular formula is C20H18N4O5. The Kier molecular flexibility index (Phi) is 4.75. The molecule has 1 heterocycles. The Balaban J connectivity index is 1.64. The van der Waals surface area contributed by atoms with Gasteiger partial charge in [0.05, 0.1) is 16.3 Å². The van der Waals surface area contributed by atoms with Crippen molar-refractivity contribution in [1.29, 1.82) is 0 Å². The number of rotatable bonds is 4. The number of nitro benzene ring substituents is 1. The van der Waals surface area contributed by atoms with Crippen LogP contribution in [0.3, 0.4) is 0 Å². The van der Waals surface area contributed by atoms with E-state index in [4.69, 9.17) is 0 Å². The number of anilines is 2. The number of aliphatic hydroxyl groups is 2. The molecule has 0 fully saturated rings. The topological polar surface area (TPSA) is 137 Å². The van der Waals surface area contributed by atoms with Crippen LogP contribution in [0, 0.1) is 10.1 Å². The third kappa shape index (κ3) is 3.56. The van der Waals surface area contributed by atoms with Gasteiger partial charge in [-0.3, -0.25) is 14.9 Å². The van der Waals surface area contributed by atoms with Gasteiger partial charge in [-0.15, -0.1) is 0 Å². The minimum atomic E-state index is -1.32. The van der Waals surface area contributed by atoms with E-state index >= 15 is 0 Å². The smallest absolute Gasteiger partial charge is 0.271 e. The van der Waals surface area contributed by atoms with Crippen molar-refractivity contribution in [3.05, 3.63) is 75.8 Å². The maximum Gasteiger partial charge on any atom is 0.271 e. The molecular weight excluding hydrogens is 376 g/mol. The fourth-order valence-electron chi connectivity index (χ4n) is 3.37. The quantitative estimate of drug-likeness (QED) is 0.338. The molecule has 1 aliphatic heterocycles. The number of hydrogen-bond donors (Lipinski definition) is 5. The first-order valence-electron chi connectivity index (χ1n) is 8.90. The summed E-state index contributed by atoms with van der Waals surface area (Å²) in [6.07, 6.45) is -2.61. The van der Waals surface area contributed by atoms with E-state index in [1.807, 2.05) is 30.3 Å². The van der Waals surface area contributed by atoms with Crippen LogP contribution in [0.2, 0.25) is 0 Å². The minimum absolute atomic E-state index is 0.0104. The van der Waals surface area contributed by atoms with Crippen molar-refractivity contribution >= 4 is 33.7 Å². The van der Waals surface area contributed by atoms with Gasteiger partial charge in [0.2, 0.25) is 0 Å². The molecule has 0 spiro atoms. The van der Waals surface area contributed by atoms with Crippen LogP contribution in [0.15, 0.2) is 54.6 Å². The molecule has 2 unspecified atom stereocenters. The summed E-state index contributed by atoms with van der Waals surface area (Å²) in [4.78, 5) is 23.5. The lowest BCUT2D eigenvalue weighted by Crippen LogP contribution is -2.43. The second-order valence-corrected chi connectivity index (χ2v) is 6.67. The van der Waals surface area contributed by atoms with Gasteiger partial charge in [0.15, 0.2) is 12.5 Å². The highest BCUT2D eigenvalue weighted by molar-refractivity contribution is 6.07. The number of hydrogen-bond acceptors (Lipinski definition) is 7. The van der Waals surface area contributed by atoms with Crippen LogP contribution < -0.4 is 16.0 Å². The van der Waals surface area contributed by atoms with E-state index in [9.17, 15) is 25.1 Å². The zero-order valence-corrected chi connectivity index (χ0v) is 15.1. The molecule has 9 nitrogen and oxygen atoms in total. The Morgan fingerprint density at radius 2 is 1.79 bits per heavy atom. The van der Waals surface area contributed by atoms with Crippen LogP contribution in [0.25, 0.3) is 10.8 Å². The normalized spacial score (nSPS) is 17.7. The SMILES string of the molecule is O=C(NCc1cc([N+](=O)[O-])cc2c1NC(O)C(O)N2)c1cccc2ccccc12. The predicted octanol–water partition coefficient (Wildman–Crippen LogP) is 2.15. The molecule has 9 heteroatoms. The van der Waals surface area contributed by atoms with Gasteiger partial charge in [-0.05, 0) is 16.8 Å². The maximum absolute atomic E-state index is 12.8. The first-order chi connectivity index (χ1) is 13.9. The van der Waals surface area contributed by atoms with Crippen LogP contribution in [0.5, 0.6) is 0 Å². The average molecular weight is 394 g/mol.